The predicted molar refractivity (Wildman–Crippen MR) is 105 cm³/mol. The number of thioether (sulfide) groups is 1. The first-order valence-corrected chi connectivity index (χ1v) is 9.44. The van der Waals surface area contributed by atoms with Crippen LogP contribution in [0.15, 0.2) is 58.6 Å². The summed E-state index contributed by atoms with van der Waals surface area (Å²) in [5, 5.41) is 9.96. The van der Waals surface area contributed by atoms with E-state index in [1.54, 1.807) is 18.2 Å². The van der Waals surface area contributed by atoms with Crippen molar-refractivity contribution < 1.29 is 13.9 Å². The Hall–Kier alpha value is -2.51. The second-order valence-corrected chi connectivity index (χ2v) is 7.41. The summed E-state index contributed by atoms with van der Waals surface area (Å²) >= 11 is 7.45. The van der Waals surface area contributed by atoms with Gasteiger partial charge in [0.2, 0.25) is 5.76 Å². The minimum absolute atomic E-state index is 0.0748. The van der Waals surface area contributed by atoms with Crippen molar-refractivity contribution in [3.63, 3.8) is 0 Å². The lowest BCUT2D eigenvalue weighted by molar-refractivity contribution is 0.0563. The van der Waals surface area contributed by atoms with Crippen LogP contribution < -0.4 is 0 Å². The molecule has 0 amide bonds. The quantitative estimate of drug-likeness (QED) is 0.313. The smallest absolute Gasteiger partial charge is 0.373 e. The number of rotatable bonds is 7. The SMILES string of the molecule is C=CCn1c(SC(C)c2ccc(C(=O)OC)o2)nnc1-c1ccc(Cl)cc1. The number of esters is 1. The van der Waals surface area contributed by atoms with Gasteiger partial charge in [-0.3, -0.25) is 4.57 Å². The van der Waals surface area contributed by atoms with E-state index >= 15 is 0 Å². The minimum atomic E-state index is -0.502. The van der Waals surface area contributed by atoms with Gasteiger partial charge in [-0.25, -0.2) is 4.79 Å². The summed E-state index contributed by atoms with van der Waals surface area (Å²) in [5.74, 6) is 1.06. The number of carbonyl (C=O) groups excluding carboxylic acids is 1. The Morgan fingerprint density at radius 2 is 2.07 bits per heavy atom. The molecule has 0 bridgehead atoms. The van der Waals surface area contributed by atoms with E-state index in [0.717, 1.165) is 16.5 Å². The molecule has 0 N–H and O–H groups in total. The molecular weight excluding hydrogens is 386 g/mol. The average Bonchev–Trinajstić information content (AvgIpc) is 3.30. The molecule has 0 aliphatic rings. The average molecular weight is 404 g/mol. The van der Waals surface area contributed by atoms with Crippen LogP contribution in [-0.4, -0.2) is 27.8 Å². The van der Waals surface area contributed by atoms with E-state index in [4.69, 9.17) is 16.0 Å². The van der Waals surface area contributed by atoms with Crippen LogP contribution in [0.5, 0.6) is 0 Å². The van der Waals surface area contributed by atoms with E-state index in [1.807, 2.05) is 35.8 Å². The van der Waals surface area contributed by atoms with Crippen molar-refractivity contribution in [1.82, 2.24) is 14.8 Å². The zero-order valence-electron chi connectivity index (χ0n) is 14.9. The number of hydrogen-bond acceptors (Lipinski definition) is 6. The highest BCUT2D eigenvalue weighted by Gasteiger charge is 2.20. The van der Waals surface area contributed by atoms with Crippen molar-refractivity contribution in [2.45, 2.75) is 23.9 Å². The Labute approximate surface area is 166 Å². The van der Waals surface area contributed by atoms with Gasteiger partial charge in [0.05, 0.1) is 12.4 Å². The monoisotopic (exact) mass is 403 g/mol. The zero-order valence-corrected chi connectivity index (χ0v) is 16.5. The number of allylic oxidation sites excluding steroid dienone is 1. The molecule has 1 atom stereocenters. The van der Waals surface area contributed by atoms with Crippen LogP contribution in [-0.2, 0) is 11.3 Å². The molecular formula is C19H18ClN3O3S. The fraction of sp³-hybridized carbons (Fsp3) is 0.211. The van der Waals surface area contributed by atoms with Crippen LogP contribution in [0, 0.1) is 0 Å². The van der Waals surface area contributed by atoms with Gasteiger partial charge in [-0.05, 0) is 43.3 Å². The van der Waals surface area contributed by atoms with Crippen molar-refractivity contribution in [2.75, 3.05) is 7.11 Å². The molecule has 3 rings (SSSR count). The normalized spacial score (nSPS) is 12.0. The maximum atomic E-state index is 11.6. The van der Waals surface area contributed by atoms with E-state index in [9.17, 15) is 4.79 Å². The third kappa shape index (κ3) is 4.26. The zero-order chi connectivity index (χ0) is 19.4. The molecule has 3 aromatic rings. The van der Waals surface area contributed by atoms with E-state index < -0.39 is 5.97 Å². The van der Waals surface area contributed by atoms with Crippen LogP contribution in [0.3, 0.4) is 0 Å². The molecule has 2 heterocycles. The molecule has 2 aromatic heterocycles. The highest BCUT2D eigenvalue weighted by Crippen LogP contribution is 2.36. The van der Waals surface area contributed by atoms with Gasteiger partial charge in [-0.2, -0.15) is 0 Å². The number of aromatic nitrogens is 3. The lowest BCUT2D eigenvalue weighted by Crippen LogP contribution is -2.01. The van der Waals surface area contributed by atoms with Gasteiger partial charge in [0, 0.05) is 17.1 Å². The van der Waals surface area contributed by atoms with E-state index in [-0.39, 0.29) is 11.0 Å². The number of ether oxygens (including phenoxy) is 1. The molecule has 0 saturated carbocycles. The standard InChI is InChI=1S/C19H18ClN3O3S/c1-4-11-23-17(13-5-7-14(20)8-6-13)21-22-19(23)27-12(2)15-9-10-16(26-15)18(24)25-3/h4-10,12H,1,11H2,2-3H3. The number of hydrogen-bond donors (Lipinski definition) is 0. The fourth-order valence-electron chi connectivity index (χ4n) is 2.48. The lowest BCUT2D eigenvalue weighted by Gasteiger charge is -2.11. The van der Waals surface area contributed by atoms with Crippen LogP contribution in [0.4, 0.5) is 0 Å². The van der Waals surface area contributed by atoms with Gasteiger partial charge in [-0.15, -0.1) is 16.8 Å². The fourth-order valence-corrected chi connectivity index (χ4v) is 3.54. The third-order valence-electron chi connectivity index (χ3n) is 3.83. The summed E-state index contributed by atoms with van der Waals surface area (Å²) in [4.78, 5) is 11.6. The molecule has 0 fully saturated rings. The molecule has 8 heteroatoms. The van der Waals surface area contributed by atoms with E-state index in [0.29, 0.717) is 17.3 Å². The third-order valence-corrected chi connectivity index (χ3v) is 5.18. The number of halogens is 1. The Morgan fingerprint density at radius 1 is 1.33 bits per heavy atom. The van der Waals surface area contributed by atoms with Gasteiger partial charge in [-0.1, -0.05) is 29.4 Å². The number of methoxy groups -OCH3 is 1. The second kappa shape index (κ2) is 8.45. The first-order valence-electron chi connectivity index (χ1n) is 8.18. The number of nitrogens with zero attached hydrogens (tertiary/aromatic N) is 3. The molecule has 6 nitrogen and oxygen atoms in total. The molecule has 0 saturated heterocycles. The highest BCUT2D eigenvalue weighted by molar-refractivity contribution is 7.99. The molecule has 0 radical (unpaired) electrons. The summed E-state index contributed by atoms with van der Waals surface area (Å²) in [7, 11) is 1.32. The van der Waals surface area contributed by atoms with E-state index in [2.05, 4.69) is 21.5 Å². The van der Waals surface area contributed by atoms with Crippen LogP contribution >= 0.6 is 23.4 Å². The van der Waals surface area contributed by atoms with Crippen molar-refractivity contribution >= 4 is 29.3 Å². The summed E-state index contributed by atoms with van der Waals surface area (Å²) in [6.07, 6.45) is 1.79. The Morgan fingerprint density at radius 3 is 2.74 bits per heavy atom. The Balaban J connectivity index is 1.86. The largest absolute Gasteiger partial charge is 0.463 e. The minimum Gasteiger partial charge on any atom is -0.463 e. The molecule has 0 spiro atoms. The number of benzene rings is 1. The van der Waals surface area contributed by atoms with Crippen LogP contribution in [0.1, 0.15) is 28.5 Å². The summed E-state index contributed by atoms with van der Waals surface area (Å²) < 4.78 is 12.2. The van der Waals surface area contributed by atoms with Crippen LogP contribution in [0.2, 0.25) is 5.02 Å². The van der Waals surface area contributed by atoms with E-state index in [1.165, 1.54) is 18.9 Å². The highest BCUT2D eigenvalue weighted by atomic mass is 35.5. The van der Waals surface area contributed by atoms with Gasteiger partial charge in [0.25, 0.3) is 0 Å². The van der Waals surface area contributed by atoms with Gasteiger partial charge < -0.3 is 9.15 Å². The van der Waals surface area contributed by atoms with Crippen LogP contribution in [0.25, 0.3) is 11.4 Å². The maximum absolute atomic E-state index is 11.6. The van der Waals surface area contributed by atoms with Crippen molar-refractivity contribution in [1.29, 1.82) is 0 Å². The summed E-state index contributed by atoms with van der Waals surface area (Å²) in [5.41, 5.74) is 0.916. The Bertz CT molecular complexity index is 950. The van der Waals surface area contributed by atoms with Gasteiger partial charge >= 0.3 is 5.97 Å². The first kappa shape index (κ1) is 19.3. The predicted octanol–water partition coefficient (Wildman–Crippen LogP) is 5.02. The maximum Gasteiger partial charge on any atom is 0.373 e. The molecule has 27 heavy (non-hydrogen) atoms. The van der Waals surface area contributed by atoms with Crippen molar-refractivity contribution in [3.05, 3.63) is 65.6 Å². The van der Waals surface area contributed by atoms with Gasteiger partial charge in [0.1, 0.15) is 5.76 Å². The topological polar surface area (TPSA) is 70.2 Å². The number of carbonyl (C=O) groups is 1. The lowest BCUT2D eigenvalue weighted by atomic mass is 10.2. The molecule has 140 valence electrons. The van der Waals surface area contributed by atoms with Crippen molar-refractivity contribution in [3.8, 4) is 11.4 Å². The molecule has 0 aliphatic heterocycles. The number of furan rings is 1. The summed E-state index contributed by atoms with van der Waals surface area (Å²) in [6.45, 7) is 6.35. The molecule has 1 unspecified atom stereocenters. The molecule has 1 aromatic carbocycles. The molecule has 0 aliphatic carbocycles. The van der Waals surface area contributed by atoms with Crippen molar-refractivity contribution in [2.24, 2.45) is 0 Å². The second-order valence-electron chi connectivity index (χ2n) is 5.67. The first-order chi connectivity index (χ1) is 13.0. The van der Waals surface area contributed by atoms with Gasteiger partial charge in [0.15, 0.2) is 11.0 Å². The summed E-state index contributed by atoms with van der Waals surface area (Å²) in [6, 6.07) is 10.8. The Kier molecular flexibility index (Phi) is 6.03.